The maximum Gasteiger partial charge on any atom is 0.161 e. The van der Waals surface area contributed by atoms with Gasteiger partial charge in [0.15, 0.2) is 5.65 Å². The van der Waals surface area contributed by atoms with E-state index in [-0.39, 0.29) is 0 Å². The second kappa shape index (κ2) is 6.42. The number of aryl methyl sites for hydroxylation is 3. The van der Waals surface area contributed by atoms with Gasteiger partial charge in [-0.3, -0.25) is 0 Å². The fourth-order valence-electron chi connectivity index (χ4n) is 4.37. The summed E-state index contributed by atoms with van der Waals surface area (Å²) in [5.41, 5.74) is 6.63. The van der Waals surface area contributed by atoms with E-state index in [0.29, 0.717) is 11.8 Å². The highest BCUT2D eigenvalue weighted by Gasteiger charge is 2.25. The van der Waals surface area contributed by atoms with Gasteiger partial charge >= 0.3 is 0 Å². The first kappa shape index (κ1) is 17.1. The Morgan fingerprint density at radius 2 is 1.73 bits per heavy atom. The molecule has 0 radical (unpaired) electrons. The van der Waals surface area contributed by atoms with Crippen LogP contribution in [0.5, 0.6) is 0 Å². The van der Waals surface area contributed by atoms with Crippen LogP contribution in [-0.4, -0.2) is 27.7 Å². The predicted molar refractivity (Wildman–Crippen MR) is 108 cm³/mol. The Bertz CT molecular complexity index is 946. The third kappa shape index (κ3) is 2.98. The number of anilines is 1. The van der Waals surface area contributed by atoms with Gasteiger partial charge in [0.1, 0.15) is 5.82 Å². The predicted octanol–water partition coefficient (Wildman–Crippen LogP) is 4.80. The van der Waals surface area contributed by atoms with Crippen molar-refractivity contribution in [3.05, 3.63) is 47.2 Å². The maximum atomic E-state index is 5.00. The van der Waals surface area contributed by atoms with Gasteiger partial charge in [-0.2, -0.15) is 9.61 Å². The fourth-order valence-corrected chi connectivity index (χ4v) is 4.37. The van der Waals surface area contributed by atoms with E-state index in [1.54, 1.807) is 0 Å². The quantitative estimate of drug-likeness (QED) is 0.667. The molecule has 0 bridgehead atoms. The number of piperidine rings is 1. The van der Waals surface area contributed by atoms with Gasteiger partial charge in [0.25, 0.3) is 0 Å². The van der Waals surface area contributed by atoms with Crippen LogP contribution in [0.3, 0.4) is 0 Å². The lowest BCUT2D eigenvalue weighted by molar-refractivity contribution is 0.354. The number of rotatable bonds is 2. The van der Waals surface area contributed by atoms with Crippen molar-refractivity contribution in [2.45, 2.75) is 41.0 Å². The summed E-state index contributed by atoms with van der Waals surface area (Å²) in [6, 6.07) is 10.7. The van der Waals surface area contributed by atoms with Crippen molar-refractivity contribution in [2.24, 2.45) is 11.8 Å². The molecule has 1 aliphatic rings. The summed E-state index contributed by atoms with van der Waals surface area (Å²) in [4.78, 5) is 7.30. The largest absolute Gasteiger partial charge is 0.356 e. The number of hydrogen-bond donors (Lipinski definition) is 0. The van der Waals surface area contributed by atoms with Gasteiger partial charge < -0.3 is 4.90 Å². The van der Waals surface area contributed by atoms with E-state index in [4.69, 9.17) is 10.1 Å². The van der Waals surface area contributed by atoms with Crippen molar-refractivity contribution >= 4 is 11.5 Å². The second-order valence-corrected chi connectivity index (χ2v) is 8.19. The molecule has 3 heterocycles. The van der Waals surface area contributed by atoms with Gasteiger partial charge in [0, 0.05) is 36.0 Å². The molecule has 136 valence electrons. The minimum atomic E-state index is 0.704. The molecule has 0 spiro atoms. The smallest absolute Gasteiger partial charge is 0.161 e. The van der Waals surface area contributed by atoms with Crippen LogP contribution in [0.4, 0.5) is 5.82 Å². The second-order valence-electron chi connectivity index (χ2n) is 8.19. The first-order chi connectivity index (χ1) is 12.4. The van der Waals surface area contributed by atoms with Crippen molar-refractivity contribution in [2.75, 3.05) is 18.0 Å². The van der Waals surface area contributed by atoms with Gasteiger partial charge in [-0.1, -0.05) is 37.6 Å². The maximum absolute atomic E-state index is 5.00. The van der Waals surface area contributed by atoms with E-state index in [1.165, 1.54) is 17.8 Å². The molecule has 1 aliphatic heterocycles. The van der Waals surface area contributed by atoms with Crippen LogP contribution in [0, 0.1) is 32.6 Å². The molecule has 0 aliphatic carbocycles. The summed E-state index contributed by atoms with van der Waals surface area (Å²) in [7, 11) is 0. The summed E-state index contributed by atoms with van der Waals surface area (Å²) < 4.78 is 2.06. The van der Waals surface area contributed by atoms with E-state index >= 15 is 0 Å². The van der Waals surface area contributed by atoms with Gasteiger partial charge in [0.2, 0.25) is 0 Å². The first-order valence-corrected chi connectivity index (χ1v) is 9.61. The highest BCUT2D eigenvalue weighted by atomic mass is 15.4. The van der Waals surface area contributed by atoms with Crippen LogP contribution in [0.25, 0.3) is 16.9 Å². The third-order valence-corrected chi connectivity index (χ3v) is 5.41. The summed E-state index contributed by atoms with van der Waals surface area (Å²) in [6.07, 6.45) is 1.30. The number of nitrogens with zero attached hydrogens (tertiary/aromatic N) is 4. The average Bonchev–Trinajstić information content (AvgIpc) is 2.90. The molecule has 4 rings (SSSR count). The van der Waals surface area contributed by atoms with E-state index in [9.17, 15) is 0 Å². The van der Waals surface area contributed by atoms with E-state index in [1.807, 2.05) is 0 Å². The zero-order valence-corrected chi connectivity index (χ0v) is 16.5. The number of hydrogen-bond acceptors (Lipinski definition) is 3. The molecular weight excluding hydrogens is 320 g/mol. The molecule has 3 aromatic rings. The van der Waals surface area contributed by atoms with Crippen LogP contribution in [0.1, 0.15) is 37.1 Å². The number of fused-ring (bicyclic) bond motifs is 1. The summed E-state index contributed by atoms with van der Waals surface area (Å²) in [5.74, 6) is 2.58. The third-order valence-electron chi connectivity index (χ3n) is 5.41. The number of benzene rings is 1. The van der Waals surface area contributed by atoms with Crippen LogP contribution in [0.15, 0.2) is 30.3 Å². The standard InChI is InChI=1S/C22H28N4/c1-14-7-6-8-19(10-14)21-18(5)22-23-17(4)11-20(26(22)24-21)25-12-15(2)9-16(3)13-25/h6-8,10-11,15-16H,9,12-13H2,1-5H3/t15-,16-/m1/s1. The topological polar surface area (TPSA) is 33.4 Å². The first-order valence-electron chi connectivity index (χ1n) is 9.61. The molecule has 1 saturated heterocycles. The van der Waals surface area contributed by atoms with E-state index < -0.39 is 0 Å². The van der Waals surface area contributed by atoms with Crippen LogP contribution in [0.2, 0.25) is 0 Å². The normalized spacial score (nSPS) is 20.7. The molecular formula is C22H28N4. The highest BCUT2D eigenvalue weighted by Crippen LogP contribution is 2.31. The Morgan fingerprint density at radius 3 is 2.42 bits per heavy atom. The highest BCUT2D eigenvalue weighted by molar-refractivity contribution is 5.72. The molecule has 4 heteroatoms. The molecule has 1 fully saturated rings. The van der Waals surface area contributed by atoms with Crippen molar-refractivity contribution < 1.29 is 0 Å². The SMILES string of the molecule is Cc1cccc(-c2nn3c(N4C[C@H](C)C[C@@H](C)C4)cc(C)nc3c2C)c1. The molecule has 0 unspecified atom stereocenters. The van der Waals surface area contributed by atoms with Gasteiger partial charge in [-0.25, -0.2) is 4.98 Å². The van der Waals surface area contributed by atoms with Crippen molar-refractivity contribution in [1.29, 1.82) is 0 Å². The molecule has 2 aromatic heterocycles. The zero-order valence-electron chi connectivity index (χ0n) is 16.5. The molecule has 0 N–H and O–H groups in total. The Morgan fingerprint density at radius 1 is 1.00 bits per heavy atom. The lowest BCUT2D eigenvalue weighted by atomic mass is 9.92. The average molecular weight is 348 g/mol. The van der Waals surface area contributed by atoms with Gasteiger partial charge in [0.05, 0.1) is 5.69 Å². The van der Waals surface area contributed by atoms with Crippen molar-refractivity contribution in [3.8, 4) is 11.3 Å². The van der Waals surface area contributed by atoms with Gasteiger partial charge in [-0.15, -0.1) is 0 Å². The fraction of sp³-hybridized carbons (Fsp3) is 0.455. The lowest BCUT2D eigenvalue weighted by Gasteiger charge is -2.36. The Labute approximate surface area is 155 Å². The van der Waals surface area contributed by atoms with E-state index in [2.05, 4.69) is 74.4 Å². The molecule has 0 amide bonds. The van der Waals surface area contributed by atoms with Crippen LogP contribution >= 0.6 is 0 Å². The molecule has 1 aromatic carbocycles. The molecule has 4 nitrogen and oxygen atoms in total. The van der Waals surface area contributed by atoms with Crippen molar-refractivity contribution in [1.82, 2.24) is 14.6 Å². The minimum absolute atomic E-state index is 0.704. The van der Waals surface area contributed by atoms with Gasteiger partial charge in [-0.05, 0) is 45.1 Å². The zero-order chi connectivity index (χ0) is 18.4. The van der Waals surface area contributed by atoms with Crippen molar-refractivity contribution in [3.63, 3.8) is 0 Å². The minimum Gasteiger partial charge on any atom is -0.356 e. The lowest BCUT2D eigenvalue weighted by Crippen LogP contribution is -2.39. The molecule has 0 saturated carbocycles. The summed E-state index contributed by atoms with van der Waals surface area (Å²) >= 11 is 0. The Balaban J connectivity index is 1.88. The monoisotopic (exact) mass is 348 g/mol. The Kier molecular flexibility index (Phi) is 4.22. The molecule has 2 atom stereocenters. The van der Waals surface area contributed by atoms with E-state index in [0.717, 1.165) is 41.3 Å². The van der Waals surface area contributed by atoms with Crippen LogP contribution in [-0.2, 0) is 0 Å². The molecule has 26 heavy (non-hydrogen) atoms. The summed E-state index contributed by atoms with van der Waals surface area (Å²) in [6.45, 7) is 13.2. The Hall–Kier alpha value is -2.36. The van der Waals surface area contributed by atoms with Crippen LogP contribution < -0.4 is 4.90 Å². The summed E-state index contributed by atoms with van der Waals surface area (Å²) in [5, 5.41) is 5.00. The number of aromatic nitrogens is 3.